The van der Waals surface area contributed by atoms with Crippen LogP contribution in [0.1, 0.15) is 12.0 Å². The van der Waals surface area contributed by atoms with Crippen molar-refractivity contribution in [1.82, 2.24) is 20.4 Å². The fourth-order valence-corrected chi connectivity index (χ4v) is 2.40. The molecule has 1 aliphatic rings. The summed E-state index contributed by atoms with van der Waals surface area (Å²) in [4.78, 5) is 11.9. The molecule has 0 aliphatic carbocycles. The zero-order chi connectivity index (χ0) is 15.2. The summed E-state index contributed by atoms with van der Waals surface area (Å²) in [6.07, 6.45) is 4.06. The van der Waals surface area contributed by atoms with Crippen molar-refractivity contribution < 1.29 is 9.53 Å². The van der Waals surface area contributed by atoms with Crippen LogP contribution in [-0.4, -0.2) is 41.5 Å². The van der Waals surface area contributed by atoms with Gasteiger partial charge in [0.05, 0.1) is 31.0 Å². The first-order valence-electron chi connectivity index (χ1n) is 7.49. The highest BCUT2D eigenvalue weighted by atomic mass is 35.5. The second kappa shape index (κ2) is 8.67. The van der Waals surface area contributed by atoms with Gasteiger partial charge in [0.1, 0.15) is 0 Å². The summed E-state index contributed by atoms with van der Waals surface area (Å²) in [6.45, 7) is 2.74. The minimum Gasteiger partial charge on any atom is -0.375 e. The van der Waals surface area contributed by atoms with E-state index in [0.29, 0.717) is 19.6 Å². The molecule has 23 heavy (non-hydrogen) atoms. The van der Waals surface area contributed by atoms with Crippen molar-refractivity contribution in [2.24, 2.45) is 0 Å². The van der Waals surface area contributed by atoms with Crippen molar-refractivity contribution in [1.29, 1.82) is 0 Å². The number of amides is 1. The van der Waals surface area contributed by atoms with Gasteiger partial charge < -0.3 is 15.4 Å². The lowest BCUT2D eigenvalue weighted by Gasteiger charge is -2.22. The normalized spacial score (nSPS) is 17.3. The first kappa shape index (κ1) is 17.5. The largest absolute Gasteiger partial charge is 0.375 e. The van der Waals surface area contributed by atoms with E-state index >= 15 is 0 Å². The predicted molar refractivity (Wildman–Crippen MR) is 89.9 cm³/mol. The van der Waals surface area contributed by atoms with Crippen LogP contribution < -0.4 is 10.6 Å². The van der Waals surface area contributed by atoms with E-state index in [1.165, 1.54) is 0 Å². The maximum Gasteiger partial charge on any atom is 0.222 e. The maximum atomic E-state index is 11.9. The summed E-state index contributed by atoms with van der Waals surface area (Å²) < 4.78 is 7.32. The molecular formula is C16H21ClN4O2. The van der Waals surface area contributed by atoms with Gasteiger partial charge >= 0.3 is 0 Å². The van der Waals surface area contributed by atoms with Crippen molar-refractivity contribution in [3.8, 4) is 5.69 Å². The van der Waals surface area contributed by atoms with Crippen LogP contribution >= 0.6 is 12.4 Å². The lowest BCUT2D eigenvalue weighted by Crippen LogP contribution is -2.41. The first-order chi connectivity index (χ1) is 10.8. The van der Waals surface area contributed by atoms with Crippen LogP contribution in [0.5, 0.6) is 0 Å². The van der Waals surface area contributed by atoms with Gasteiger partial charge in [0.2, 0.25) is 5.91 Å². The Hall–Kier alpha value is -1.89. The average Bonchev–Trinajstić information content (AvgIpc) is 3.04. The van der Waals surface area contributed by atoms with Crippen LogP contribution in [0.2, 0.25) is 0 Å². The monoisotopic (exact) mass is 336 g/mol. The van der Waals surface area contributed by atoms with Crippen LogP contribution in [-0.2, 0) is 16.1 Å². The SMILES string of the molecule is Cl.O=C(CC1CNCCO1)NCc1cnn(-c2ccccc2)c1. The Morgan fingerprint density at radius 2 is 2.22 bits per heavy atom. The molecule has 7 heteroatoms. The molecule has 0 bridgehead atoms. The fourth-order valence-electron chi connectivity index (χ4n) is 2.40. The van der Waals surface area contributed by atoms with Crippen LogP contribution in [0.25, 0.3) is 5.69 Å². The van der Waals surface area contributed by atoms with E-state index in [1.807, 2.05) is 36.5 Å². The Labute approximate surface area is 141 Å². The van der Waals surface area contributed by atoms with Gasteiger partial charge in [-0.2, -0.15) is 5.10 Å². The van der Waals surface area contributed by atoms with Gasteiger partial charge in [-0.1, -0.05) is 18.2 Å². The predicted octanol–water partition coefficient (Wildman–Crippen LogP) is 1.29. The lowest BCUT2D eigenvalue weighted by molar-refractivity contribution is -0.124. The number of para-hydroxylation sites is 1. The van der Waals surface area contributed by atoms with Gasteiger partial charge in [-0.3, -0.25) is 4.79 Å². The molecule has 1 aromatic heterocycles. The molecule has 1 aliphatic heterocycles. The molecule has 2 N–H and O–H groups in total. The highest BCUT2D eigenvalue weighted by molar-refractivity contribution is 5.85. The van der Waals surface area contributed by atoms with Gasteiger partial charge in [0.15, 0.2) is 0 Å². The van der Waals surface area contributed by atoms with E-state index in [1.54, 1.807) is 10.9 Å². The number of hydrogen-bond acceptors (Lipinski definition) is 4. The molecule has 3 rings (SSSR count). The Morgan fingerprint density at radius 1 is 1.39 bits per heavy atom. The second-order valence-corrected chi connectivity index (χ2v) is 5.31. The smallest absolute Gasteiger partial charge is 0.222 e. The van der Waals surface area contributed by atoms with Gasteiger partial charge in [0.25, 0.3) is 0 Å². The van der Waals surface area contributed by atoms with Gasteiger partial charge in [-0.25, -0.2) is 4.68 Å². The highest BCUT2D eigenvalue weighted by Gasteiger charge is 2.17. The molecule has 2 aromatic rings. The zero-order valence-electron chi connectivity index (χ0n) is 12.8. The fraction of sp³-hybridized carbons (Fsp3) is 0.375. The van der Waals surface area contributed by atoms with Crippen LogP contribution in [0.4, 0.5) is 0 Å². The molecule has 6 nitrogen and oxygen atoms in total. The topological polar surface area (TPSA) is 68.2 Å². The summed E-state index contributed by atoms with van der Waals surface area (Å²) in [5.74, 6) is 0.00108. The third-order valence-electron chi connectivity index (χ3n) is 3.56. The molecule has 1 amide bonds. The zero-order valence-corrected chi connectivity index (χ0v) is 13.6. The summed E-state index contributed by atoms with van der Waals surface area (Å²) >= 11 is 0. The van der Waals surface area contributed by atoms with Crippen molar-refractivity contribution in [3.63, 3.8) is 0 Å². The molecule has 2 heterocycles. The van der Waals surface area contributed by atoms with Crippen molar-refractivity contribution >= 4 is 18.3 Å². The molecule has 0 saturated carbocycles. The van der Waals surface area contributed by atoms with Crippen molar-refractivity contribution in [2.45, 2.75) is 19.1 Å². The molecule has 1 saturated heterocycles. The number of carbonyl (C=O) groups is 1. The Kier molecular flexibility index (Phi) is 6.58. The van der Waals surface area contributed by atoms with Crippen molar-refractivity contribution in [3.05, 3.63) is 48.3 Å². The number of nitrogens with one attached hydrogen (secondary N) is 2. The van der Waals surface area contributed by atoms with Gasteiger partial charge in [-0.05, 0) is 12.1 Å². The lowest BCUT2D eigenvalue weighted by atomic mass is 10.2. The Morgan fingerprint density at radius 3 is 2.96 bits per heavy atom. The number of carbonyl (C=O) groups excluding carboxylic acids is 1. The van der Waals surface area contributed by atoms with E-state index in [9.17, 15) is 4.79 Å². The number of nitrogens with zero attached hydrogens (tertiary/aromatic N) is 2. The number of halogens is 1. The number of rotatable bonds is 5. The number of aromatic nitrogens is 2. The molecule has 124 valence electrons. The quantitative estimate of drug-likeness (QED) is 0.863. The first-order valence-corrected chi connectivity index (χ1v) is 7.49. The number of ether oxygens (including phenoxy) is 1. The average molecular weight is 337 g/mol. The van der Waals surface area contributed by atoms with Crippen LogP contribution in [0.3, 0.4) is 0 Å². The number of hydrogen-bond donors (Lipinski definition) is 2. The van der Waals surface area contributed by atoms with E-state index in [2.05, 4.69) is 15.7 Å². The molecular weight excluding hydrogens is 316 g/mol. The summed E-state index contributed by atoms with van der Waals surface area (Å²) in [5, 5.41) is 10.4. The van der Waals surface area contributed by atoms with Gasteiger partial charge in [0, 0.05) is 31.4 Å². The summed E-state index contributed by atoms with van der Waals surface area (Å²) in [6, 6.07) is 9.88. The molecule has 1 unspecified atom stereocenters. The Bertz CT molecular complexity index is 612. The van der Waals surface area contributed by atoms with Crippen molar-refractivity contribution in [2.75, 3.05) is 19.7 Å². The minimum absolute atomic E-state index is 0. The van der Waals surface area contributed by atoms with E-state index in [4.69, 9.17) is 4.74 Å². The highest BCUT2D eigenvalue weighted by Crippen LogP contribution is 2.08. The van der Waals surface area contributed by atoms with E-state index < -0.39 is 0 Å². The minimum atomic E-state index is -0.0270. The third-order valence-corrected chi connectivity index (χ3v) is 3.56. The molecule has 0 spiro atoms. The molecule has 0 radical (unpaired) electrons. The van der Waals surface area contributed by atoms with E-state index in [0.717, 1.165) is 24.3 Å². The van der Waals surface area contributed by atoms with Gasteiger partial charge in [-0.15, -0.1) is 12.4 Å². The van der Waals surface area contributed by atoms with Crippen LogP contribution in [0, 0.1) is 0 Å². The number of morpholine rings is 1. The Balaban J connectivity index is 0.00000192. The molecule has 1 fully saturated rings. The summed E-state index contributed by atoms with van der Waals surface area (Å²) in [5.41, 5.74) is 1.97. The standard InChI is InChI=1S/C16H20N4O2.ClH/c21-16(8-15-11-17-6-7-22-15)18-9-13-10-19-20(12-13)14-4-2-1-3-5-14;/h1-5,10,12,15,17H,6-9,11H2,(H,18,21);1H. The van der Waals surface area contributed by atoms with Crippen LogP contribution in [0.15, 0.2) is 42.7 Å². The second-order valence-electron chi connectivity index (χ2n) is 5.31. The summed E-state index contributed by atoms with van der Waals surface area (Å²) in [7, 11) is 0. The van der Waals surface area contributed by atoms with E-state index in [-0.39, 0.29) is 24.4 Å². The molecule has 1 aromatic carbocycles. The third kappa shape index (κ3) is 5.06. The number of benzene rings is 1. The maximum absolute atomic E-state index is 11.9. The molecule has 1 atom stereocenters.